The summed E-state index contributed by atoms with van der Waals surface area (Å²) in [4.78, 5) is 0. The lowest BCUT2D eigenvalue weighted by Crippen LogP contribution is -2.39. The van der Waals surface area contributed by atoms with Crippen LogP contribution in [0.3, 0.4) is 0 Å². The first kappa shape index (κ1) is 22.0. The summed E-state index contributed by atoms with van der Waals surface area (Å²) in [6.07, 6.45) is 0. The van der Waals surface area contributed by atoms with E-state index in [1.54, 1.807) is 0 Å². The molecule has 3 rings (SSSR count). The second-order valence-corrected chi connectivity index (χ2v) is 9.27. The molecule has 0 saturated carbocycles. The highest BCUT2D eigenvalue weighted by Gasteiger charge is 2.54. The van der Waals surface area contributed by atoms with Crippen LogP contribution in [0.4, 0.5) is 0 Å². The van der Waals surface area contributed by atoms with Crippen LogP contribution in [0.2, 0.25) is 20.1 Å². The number of aromatic hydroxyl groups is 2. The first-order chi connectivity index (χ1) is 13.5. The van der Waals surface area contributed by atoms with Gasteiger partial charge in [-0.15, -0.1) is 0 Å². The third-order valence-corrected chi connectivity index (χ3v) is 6.96. The Bertz CT molecular complexity index is 1120. The molecule has 10 heteroatoms. The zero-order valence-corrected chi connectivity index (χ0v) is 18.1. The van der Waals surface area contributed by atoms with Crippen molar-refractivity contribution in [2.24, 2.45) is 0 Å². The van der Waals surface area contributed by atoms with E-state index >= 15 is 0 Å². The van der Waals surface area contributed by atoms with Crippen molar-refractivity contribution in [3.8, 4) is 11.5 Å². The van der Waals surface area contributed by atoms with Crippen molar-refractivity contribution in [2.45, 2.75) is 4.75 Å². The quantitative estimate of drug-likeness (QED) is 0.311. The lowest BCUT2D eigenvalue weighted by atomic mass is 9.82. The molecule has 0 aromatic heterocycles. The summed E-state index contributed by atoms with van der Waals surface area (Å²) < 4.78 is 33.9. The van der Waals surface area contributed by atoms with Crippen molar-refractivity contribution in [3.63, 3.8) is 0 Å². The fourth-order valence-electron chi connectivity index (χ4n) is 3.29. The molecule has 0 aliphatic heterocycles. The molecular weight excluding hydrogens is 482 g/mol. The molecule has 5 nitrogen and oxygen atoms in total. The number of benzene rings is 3. The summed E-state index contributed by atoms with van der Waals surface area (Å²) >= 11 is 24.8. The van der Waals surface area contributed by atoms with Crippen LogP contribution in [0.1, 0.15) is 16.7 Å². The van der Waals surface area contributed by atoms with Crippen LogP contribution in [-0.4, -0.2) is 23.2 Å². The van der Waals surface area contributed by atoms with Gasteiger partial charge in [0.15, 0.2) is 4.75 Å². The van der Waals surface area contributed by atoms with E-state index in [1.165, 1.54) is 54.6 Å². The summed E-state index contributed by atoms with van der Waals surface area (Å²) in [6.45, 7) is 0. The summed E-state index contributed by atoms with van der Waals surface area (Å²) in [7, 11) is -5.23. The van der Waals surface area contributed by atoms with Crippen molar-refractivity contribution in [1.82, 2.24) is 0 Å². The van der Waals surface area contributed by atoms with Gasteiger partial charge in [-0.3, -0.25) is 4.55 Å². The number of hydrogen-bond donors (Lipinski definition) is 3. The number of phenols is 2. The SMILES string of the molecule is O=S(=O)(O)C(c1ccc(Cl)cc1Cl)(c1c(O)cccc1Cl)c1c(O)cccc1Cl. The Balaban J connectivity index is 2.70. The Hall–Kier alpha value is -1.67. The molecule has 152 valence electrons. The van der Waals surface area contributed by atoms with Gasteiger partial charge < -0.3 is 10.2 Å². The molecule has 0 aliphatic rings. The van der Waals surface area contributed by atoms with Gasteiger partial charge in [0.05, 0.1) is 0 Å². The van der Waals surface area contributed by atoms with Crippen LogP contribution in [0.25, 0.3) is 0 Å². The van der Waals surface area contributed by atoms with Gasteiger partial charge in [0.25, 0.3) is 10.1 Å². The Kier molecular flexibility index (Phi) is 5.98. The lowest BCUT2D eigenvalue weighted by Gasteiger charge is -2.35. The molecule has 0 saturated heterocycles. The number of rotatable bonds is 4. The van der Waals surface area contributed by atoms with Crippen molar-refractivity contribution in [3.05, 3.63) is 91.4 Å². The fraction of sp³-hybridized carbons (Fsp3) is 0.0526. The van der Waals surface area contributed by atoms with Gasteiger partial charge in [-0.2, -0.15) is 8.42 Å². The highest BCUT2D eigenvalue weighted by atomic mass is 35.5. The predicted octanol–water partition coefficient (Wildman–Crippen LogP) is 5.89. The van der Waals surface area contributed by atoms with Crippen LogP contribution in [-0.2, 0) is 14.9 Å². The van der Waals surface area contributed by atoms with Gasteiger partial charge in [0.1, 0.15) is 11.5 Å². The zero-order valence-electron chi connectivity index (χ0n) is 14.3. The maximum Gasteiger partial charge on any atom is 0.283 e. The standard InChI is InChI=1S/C19H12Cl4O5S/c20-10-7-8-11(14(23)9-10)19(29(26,27)28,17-12(21)3-1-5-15(17)24)18-13(22)4-2-6-16(18)25/h1-9,24-25H,(H,26,27,28). The van der Waals surface area contributed by atoms with Crippen molar-refractivity contribution in [2.75, 3.05) is 0 Å². The largest absolute Gasteiger partial charge is 0.508 e. The molecule has 0 bridgehead atoms. The van der Waals surface area contributed by atoms with E-state index in [4.69, 9.17) is 46.4 Å². The maximum atomic E-state index is 13.0. The third-order valence-electron chi connectivity index (χ3n) is 4.38. The minimum atomic E-state index is -5.23. The Morgan fingerprint density at radius 3 is 1.59 bits per heavy atom. The predicted molar refractivity (Wildman–Crippen MR) is 114 cm³/mol. The molecule has 3 aromatic rings. The molecule has 0 amide bonds. The van der Waals surface area contributed by atoms with Crippen LogP contribution in [0, 0.1) is 0 Å². The van der Waals surface area contributed by atoms with E-state index in [9.17, 15) is 23.2 Å². The molecule has 29 heavy (non-hydrogen) atoms. The molecular formula is C19H12Cl4O5S. The normalized spacial score (nSPS) is 12.2. The Morgan fingerprint density at radius 1 is 0.724 bits per heavy atom. The average molecular weight is 494 g/mol. The number of hydrogen-bond acceptors (Lipinski definition) is 4. The summed E-state index contributed by atoms with van der Waals surface area (Å²) in [5.74, 6) is -1.14. The third kappa shape index (κ3) is 3.54. The van der Waals surface area contributed by atoms with Crippen LogP contribution in [0.15, 0.2) is 54.6 Å². The molecule has 0 heterocycles. The average Bonchev–Trinajstić information content (AvgIpc) is 2.59. The first-order valence-corrected chi connectivity index (χ1v) is 10.9. The summed E-state index contributed by atoms with van der Waals surface area (Å²) in [5, 5.41) is 20.8. The molecule has 0 fully saturated rings. The van der Waals surface area contributed by atoms with E-state index in [2.05, 4.69) is 0 Å². The summed E-state index contributed by atoms with van der Waals surface area (Å²) in [5.41, 5.74) is -1.09. The van der Waals surface area contributed by atoms with E-state index in [0.29, 0.717) is 0 Å². The highest BCUT2D eigenvalue weighted by molar-refractivity contribution is 7.87. The zero-order chi connectivity index (χ0) is 21.6. The summed E-state index contributed by atoms with van der Waals surface area (Å²) in [6, 6.07) is 11.6. The number of phenolic OH excluding ortho intramolecular Hbond substituents is 2. The minimum absolute atomic E-state index is 0.172. The van der Waals surface area contributed by atoms with E-state index in [-0.39, 0.29) is 25.7 Å². The van der Waals surface area contributed by atoms with Crippen molar-refractivity contribution in [1.29, 1.82) is 0 Å². The van der Waals surface area contributed by atoms with Gasteiger partial charge in [-0.05, 0) is 36.4 Å². The smallest absolute Gasteiger partial charge is 0.283 e. The lowest BCUT2D eigenvalue weighted by molar-refractivity contribution is 0.428. The minimum Gasteiger partial charge on any atom is -0.508 e. The Morgan fingerprint density at radius 2 is 1.21 bits per heavy atom. The van der Waals surface area contributed by atoms with Crippen LogP contribution >= 0.6 is 46.4 Å². The number of halogens is 4. The molecule has 3 aromatic carbocycles. The molecule has 0 spiro atoms. The van der Waals surface area contributed by atoms with Gasteiger partial charge in [-0.1, -0.05) is 64.6 Å². The Labute approximate surface area is 186 Å². The van der Waals surface area contributed by atoms with E-state index in [0.717, 1.165) is 0 Å². The van der Waals surface area contributed by atoms with Crippen LogP contribution in [0.5, 0.6) is 11.5 Å². The van der Waals surface area contributed by atoms with Crippen LogP contribution < -0.4 is 0 Å². The highest BCUT2D eigenvalue weighted by Crippen LogP contribution is 2.55. The molecule has 0 unspecified atom stereocenters. The topological polar surface area (TPSA) is 94.8 Å². The van der Waals surface area contributed by atoms with E-state index in [1.807, 2.05) is 0 Å². The maximum absolute atomic E-state index is 13.0. The molecule has 0 radical (unpaired) electrons. The second kappa shape index (κ2) is 7.87. The molecule has 0 aliphatic carbocycles. The van der Waals surface area contributed by atoms with Gasteiger partial charge in [0, 0.05) is 36.8 Å². The first-order valence-electron chi connectivity index (χ1n) is 7.90. The van der Waals surface area contributed by atoms with Gasteiger partial charge in [-0.25, -0.2) is 0 Å². The van der Waals surface area contributed by atoms with Crippen molar-refractivity contribution < 1.29 is 23.2 Å². The molecule has 3 N–H and O–H groups in total. The van der Waals surface area contributed by atoms with Crippen molar-refractivity contribution >= 4 is 56.5 Å². The van der Waals surface area contributed by atoms with Gasteiger partial charge in [0.2, 0.25) is 0 Å². The van der Waals surface area contributed by atoms with E-state index < -0.39 is 37.5 Å². The molecule has 0 atom stereocenters. The van der Waals surface area contributed by atoms with Gasteiger partial charge >= 0.3 is 0 Å². The fourth-order valence-corrected chi connectivity index (χ4v) is 6.03. The monoisotopic (exact) mass is 492 g/mol. The second-order valence-electron chi connectivity index (χ2n) is 6.05.